The van der Waals surface area contributed by atoms with Crippen LogP contribution in [-0.2, 0) is 9.84 Å². The van der Waals surface area contributed by atoms with Gasteiger partial charge < -0.3 is 4.98 Å². The van der Waals surface area contributed by atoms with Gasteiger partial charge in [-0.15, -0.1) is 0 Å². The van der Waals surface area contributed by atoms with Crippen molar-refractivity contribution in [2.24, 2.45) is 0 Å². The lowest BCUT2D eigenvalue weighted by atomic mass is 10.5. The van der Waals surface area contributed by atoms with Crippen molar-refractivity contribution < 1.29 is 8.42 Å². The van der Waals surface area contributed by atoms with Crippen LogP contribution in [-0.4, -0.2) is 19.2 Å². The van der Waals surface area contributed by atoms with E-state index in [-0.39, 0.29) is 16.2 Å². The molecule has 1 N–H and O–H groups in total. The number of hydrogen-bond donors (Lipinski definition) is 1. The highest BCUT2D eigenvalue weighted by molar-refractivity contribution is 9.10. The highest BCUT2D eigenvalue weighted by Gasteiger charge is 2.12. The number of aromatic nitrogens is 1. The van der Waals surface area contributed by atoms with Crippen molar-refractivity contribution in [3.8, 4) is 0 Å². The van der Waals surface area contributed by atoms with Crippen LogP contribution < -0.4 is 5.43 Å². The number of aromatic amines is 1. The average Bonchev–Trinajstić information content (AvgIpc) is 2.02. The van der Waals surface area contributed by atoms with Crippen LogP contribution in [0.3, 0.4) is 0 Å². The Balaban J connectivity index is 3.40. The van der Waals surface area contributed by atoms with Gasteiger partial charge in [0, 0.05) is 12.1 Å². The molecule has 13 heavy (non-hydrogen) atoms. The summed E-state index contributed by atoms with van der Waals surface area (Å²) >= 11 is 3.01. The molecule has 0 aliphatic heterocycles. The van der Waals surface area contributed by atoms with E-state index in [1.165, 1.54) is 13.0 Å². The summed E-state index contributed by atoms with van der Waals surface area (Å²) in [6.07, 6.45) is 0. The largest absolute Gasteiger partial charge is 0.340 e. The molecule has 1 rings (SSSR count). The van der Waals surface area contributed by atoms with E-state index >= 15 is 0 Å². The van der Waals surface area contributed by atoms with Crippen molar-refractivity contribution in [2.75, 3.05) is 5.75 Å². The molecule has 0 atom stereocenters. The van der Waals surface area contributed by atoms with Gasteiger partial charge in [-0.05, 0) is 15.9 Å². The second kappa shape index (κ2) is 3.63. The number of pyridine rings is 1. The number of rotatable bonds is 2. The first-order chi connectivity index (χ1) is 5.95. The summed E-state index contributed by atoms with van der Waals surface area (Å²) in [6.45, 7) is 1.52. The van der Waals surface area contributed by atoms with Gasteiger partial charge >= 0.3 is 0 Å². The predicted octanol–water partition coefficient (Wildman–Crippen LogP) is 0.931. The summed E-state index contributed by atoms with van der Waals surface area (Å²) in [5.74, 6) is -0.0284. The first kappa shape index (κ1) is 10.5. The Bertz CT molecular complexity index is 463. The zero-order chi connectivity index (χ0) is 10.1. The second-order valence-electron chi connectivity index (χ2n) is 2.43. The number of sulfone groups is 1. The van der Waals surface area contributed by atoms with Crippen LogP contribution in [0, 0.1) is 0 Å². The molecule has 1 aromatic rings. The molecule has 0 saturated carbocycles. The maximum absolute atomic E-state index is 11.3. The van der Waals surface area contributed by atoms with Crippen molar-refractivity contribution in [3.05, 3.63) is 27.0 Å². The van der Waals surface area contributed by atoms with E-state index in [2.05, 4.69) is 20.9 Å². The van der Waals surface area contributed by atoms with Crippen LogP contribution in [0.4, 0.5) is 0 Å². The molecule has 1 heterocycles. The smallest absolute Gasteiger partial charge is 0.193 e. The maximum Gasteiger partial charge on any atom is 0.193 e. The second-order valence-corrected chi connectivity index (χ2v) is 5.53. The average molecular weight is 266 g/mol. The first-order valence-electron chi connectivity index (χ1n) is 3.58. The third kappa shape index (κ3) is 2.41. The highest BCUT2D eigenvalue weighted by atomic mass is 79.9. The van der Waals surface area contributed by atoms with Crippen LogP contribution in [0.25, 0.3) is 0 Å². The molecule has 0 bridgehead atoms. The van der Waals surface area contributed by atoms with E-state index in [0.717, 1.165) is 6.07 Å². The van der Waals surface area contributed by atoms with Crippen molar-refractivity contribution in [1.29, 1.82) is 0 Å². The minimum atomic E-state index is -3.33. The Morgan fingerprint density at radius 3 is 2.54 bits per heavy atom. The highest BCUT2D eigenvalue weighted by Crippen LogP contribution is 2.09. The number of H-pyrrole nitrogens is 1. The number of nitrogens with one attached hydrogen (secondary N) is 1. The molecule has 0 radical (unpaired) electrons. The molecule has 0 aromatic carbocycles. The van der Waals surface area contributed by atoms with Crippen molar-refractivity contribution >= 4 is 25.8 Å². The van der Waals surface area contributed by atoms with Gasteiger partial charge in [-0.3, -0.25) is 4.79 Å². The molecule has 1 aromatic heterocycles. The van der Waals surface area contributed by atoms with E-state index in [1.54, 1.807) is 0 Å². The minimum Gasteiger partial charge on any atom is -0.340 e. The maximum atomic E-state index is 11.3. The van der Waals surface area contributed by atoms with Crippen LogP contribution in [0.5, 0.6) is 0 Å². The fraction of sp³-hybridized carbons (Fsp3) is 0.286. The summed E-state index contributed by atoms with van der Waals surface area (Å²) in [4.78, 5) is 13.5. The van der Waals surface area contributed by atoms with Crippen LogP contribution in [0.15, 0.2) is 26.6 Å². The summed E-state index contributed by atoms with van der Waals surface area (Å²) in [7, 11) is -3.33. The predicted molar refractivity (Wildman–Crippen MR) is 52.5 cm³/mol. The van der Waals surface area contributed by atoms with Gasteiger partial charge in [-0.25, -0.2) is 8.42 Å². The normalized spacial score (nSPS) is 11.5. The molecule has 0 saturated heterocycles. The van der Waals surface area contributed by atoms with Crippen molar-refractivity contribution in [2.45, 2.75) is 11.9 Å². The summed E-state index contributed by atoms with van der Waals surface area (Å²) < 4.78 is 23.0. The Morgan fingerprint density at radius 1 is 1.46 bits per heavy atom. The van der Waals surface area contributed by atoms with Gasteiger partial charge in [0.05, 0.1) is 10.4 Å². The molecule has 0 aliphatic carbocycles. The molecule has 0 spiro atoms. The zero-order valence-electron chi connectivity index (χ0n) is 6.87. The Morgan fingerprint density at radius 2 is 2.08 bits per heavy atom. The fourth-order valence-corrected chi connectivity index (χ4v) is 2.25. The van der Waals surface area contributed by atoms with Gasteiger partial charge in [0.1, 0.15) is 5.03 Å². The molecule has 0 unspecified atom stereocenters. The Hall–Kier alpha value is -0.620. The van der Waals surface area contributed by atoms with Crippen LogP contribution >= 0.6 is 15.9 Å². The van der Waals surface area contributed by atoms with E-state index in [0.29, 0.717) is 4.60 Å². The molecule has 6 heteroatoms. The third-order valence-corrected chi connectivity index (χ3v) is 3.58. The van der Waals surface area contributed by atoms with Gasteiger partial charge in [-0.2, -0.15) is 0 Å². The van der Waals surface area contributed by atoms with E-state index in [9.17, 15) is 13.2 Å². The zero-order valence-corrected chi connectivity index (χ0v) is 9.28. The van der Waals surface area contributed by atoms with Crippen molar-refractivity contribution in [3.63, 3.8) is 0 Å². The van der Waals surface area contributed by atoms with E-state index in [1.807, 2.05) is 0 Å². The molecule has 0 amide bonds. The lowest BCUT2D eigenvalue weighted by Crippen LogP contribution is -2.10. The minimum absolute atomic E-state index is 0.0284. The third-order valence-electron chi connectivity index (χ3n) is 1.50. The van der Waals surface area contributed by atoms with Crippen molar-refractivity contribution in [1.82, 2.24) is 4.98 Å². The van der Waals surface area contributed by atoms with Gasteiger partial charge in [0.2, 0.25) is 0 Å². The molecule has 0 fully saturated rings. The van der Waals surface area contributed by atoms with Gasteiger partial charge in [0.15, 0.2) is 15.3 Å². The molecule has 4 nitrogen and oxygen atoms in total. The lowest BCUT2D eigenvalue weighted by Gasteiger charge is -2.00. The lowest BCUT2D eigenvalue weighted by molar-refractivity contribution is 0.593. The quantitative estimate of drug-likeness (QED) is 0.810. The molecule has 0 aliphatic rings. The summed E-state index contributed by atoms with van der Waals surface area (Å²) in [5, 5.41) is -0.0469. The summed E-state index contributed by atoms with van der Waals surface area (Å²) in [5.41, 5.74) is -0.336. The SMILES string of the molecule is CCS(=O)(=O)c1cc(=O)cc(Br)[nH]1. The molecular weight excluding hydrogens is 258 g/mol. The number of halogens is 1. The topological polar surface area (TPSA) is 67.0 Å². The van der Waals surface area contributed by atoms with Gasteiger partial charge in [-0.1, -0.05) is 6.92 Å². The number of hydrogen-bond acceptors (Lipinski definition) is 3. The van der Waals surface area contributed by atoms with E-state index < -0.39 is 9.84 Å². The monoisotopic (exact) mass is 265 g/mol. The van der Waals surface area contributed by atoms with Crippen LogP contribution in [0.1, 0.15) is 6.92 Å². The Labute approximate surface area is 84.0 Å². The molecule has 72 valence electrons. The Kier molecular flexibility index (Phi) is 2.92. The van der Waals surface area contributed by atoms with E-state index in [4.69, 9.17) is 0 Å². The fourth-order valence-electron chi connectivity index (χ4n) is 0.809. The summed E-state index contributed by atoms with van der Waals surface area (Å²) in [6, 6.07) is 2.35. The first-order valence-corrected chi connectivity index (χ1v) is 6.03. The van der Waals surface area contributed by atoms with Gasteiger partial charge in [0.25, 0.3) is 0 Å². The standard InChI is InChI=1S/C7H8BrNO3S/c1-2-13(11,12)7-4-5(10)3-6(8)9-7/h3-4H,2H2,1H3,(H,9,10). The molecular formula is C7H8BrNO3S. The van der Waals surface area contributed by atoms with Crippen LogP contribution in [0.2, 0.25) is 0 Å².